The van der Waals surface area contributed by atoms with E-state index >= 15 is 0 Å². The van der Waals surface area contributed by atoms with Crippen LogP contribution < -0.4 is 10.1 Å². The number of hydrogen-bond donors (Lipinski definition) is 1. The monoisotopic (exact) mass is 401 g/mol. The van der Waals surface area contributed by atoms with E-state index in [1.54, 1.807) is 36.4 Å². The number of hydrogen-bond acceptors (Lipinski definition) is 5. The molecule has 0 radical (unpaired) electrons. The Kier molecular flexibility index (Phi) is 7.19. The van der Waals surface area contributed by atoms with Crippen LogP contribution in [0.15, 0.2) is 48.5 Å². The first-order chi connectivity index (χ1) is 14.0. The van der Waals surface area contributed by atoms with E-state index in [1.165, 1.54) is 19.1 Å². The average molecular weight is 401 g/mol. The highest BCUT2D eigenvalue weighted by Gasteiger charge is 2.19. The molecule has 1 fully saturated rings. The molecule has 0 aliphatic carbocycles. The van der Waals surface area contributed by atoms with Crippen LogP contribution in [-0.4, -0.2) is 37.3 Å². The van der Waals surface area contributed by atoms with E-state index in [4.69, 9.17) is 14.2 Å². The third-order valence-corrected chi connectivity index (χ3v) is 4.58. The molecule has 1 N–H and O–H groups in total. The van der Waals surface area contributed by atoms with Crippen molar-refractivity contribution in [3.05, 3.63) is 65.5 Å². The van der Waals surface area contributed by atoms with Crippen LogP contribution in [0.4, 0.5) is 4.39 Å². The van der Waals surface area contributed by atoms with Gasteiger partial charge in [-0.05, 0) is 61.7 Å². The van der Waals surface area contributed by atoms with Crippen LogP contribution in [0.2, 0.25) is 0 Å². The molecular weight excluding hydrogens is 377 g/mol. The fraction of sp³-hybridized carbons (Fsp3) is 0.364. The zero-order chi connectivity index (χ0) is 20.6. The van der Waals surface area contributed by atoms with E-state index in [1.807, 2.05) is 0 Å². The van der Waals surface area contributed by atoms with Crippen molar-refractivity contribution in [2.45, 2.75) is 38.5 Å². The molecule has 2 atom stereocenters. The number of carbonyl (C=O) groups is 2. The van der Waals surface area contributed by atoms with E-state index in [-0.39, 0.29) is 18.5 Å². The lowest BCUT2D eigenvalue weighted by Gasteiger charge is -2.14. The molecule has 1 amide bonds. The van der Waals surface area contributed by atoms with Crippen molar-refractivity contribution in [1.29, 1.82) is 0 Å². The fourth-order valence-corrected chi connectivity index (χ4v) is 2.87. The zero-order valence-corrected chi connectivity index (χ0v) is 16.2. The highest BCUT2D eigenvalue weighted by molar-refractivity contribution is 5.92. The summed E-state index contributed by atoms with van der Waals surface area (Å²) in [6, 6.07) is 12.4. The molecule has 1 aliphatic heterocycles. The first kappa shape index (κ1) is 20.8. The SMILES string of the molecule is C[C@@H](OC(=O)c1ccc(OC[C@H]2CCCO2)cc1)C(=O)NCc1ccc(F)cc1. The molecule has 0 unspecified atom stereocenters. The van der Waals surface area contributed by atoms with Crippen LogP contribution in [0.3, 0.4) is 0 Å². The van der Waals surface area contributed by atoms with Crippen molar-refractivity contribution in [3.8, 4) is 5.75 Å². The number of halogens is 1. The molecule has 0 spiro atoms. The minimum absolute atomic E-state index is 0.119. The molecule has 0 aromatic heterocycles. The number of amides is 1. The van der Waals surface area contributed by atoms with Gasteiger partial charge in [0.2, 0.25) is 0 Å². The Bertz CT molecular complexity index is 816. The van der Waals surface area contributed by atoms with Crippen LogP contribution in [-0.2, 0) is 20.8 Å². The summed E-state index contributed by atoms with van der Waals surface area (Å²) in [7, 11) is 0. The lowest BCUT2D eigenvalue weighted by atomic mass is 10.2. The minimum atomic E-state index is -0.960. The van der Waals surface area contributed by atoms with Gasteiger partial charge in [-0.1, -0.05) is 12.1 Å². The quantitative estimate of drug-likeness (QED) is 0.688. The molecule has 1 aliphatic rings. The van der Waals surface area contributed by atoms with Crippen molar-refractivity contribution >= 4 is 11.9 Å². The number of nitrogens with one attached hydrogen (secondary N) is 1. The third kappa shape index (κ3) is 6.29. The van der Waals surface area contributed by atoms with Crippen molar-refractivity contribution in [2.24, 2.45) is 0 Å². The Labute approximate surface area is 169 Å². The molecule has 1 heterocycles. The lowest BCUT2D eigenvalue weighted by Crippen LogP contribution is -2.35. The first-order valence-corrected chi connectivity index (χ1v) is 9.59. The van der Waals surface area contributed by atoms with Gasteiger partial charge in [-0.3, -0.25) is 4.79 Å². The van der Waals surface area contributed by atoms with E-state index in [0.717, 1.165) is 25.0 Å². The predicted octanol–water partition coefficient (Wildman–Crippen LogP) is 3.25. The van der Waals surface area contributed by atoms with Gasteiger partial charge < -0.3 is 19.5 Å². The maximum Gasteiger partial charge on any atom is 0.338 e. The maximum atomic E-state index is 12.9. The van der Waals surface area contributed by atoms with Crippen molar-refractivity contribution in [1.82, 2.24) is 5.32 Å². The molecule has 7 heteroatoms. The van der Waals surface area contributed by atoms with E-state index in [2.05, 4.69) is 5.32 Å². The molecule has 1 saturated heterocycles. The second kappa shape index (κ2) is 10.0. The first-order valence-electron chi connectivity index (χ1n) is 9.59. The highest BCUT2D eigenvalue weighted by atomic mass is 19.1. The normalized spacial score (nSPS) is 16.8. The van der Waals surface area contributed by atoms with Gasteiger partial charge in [-0.15, -0.1) is 0 Å². The Morgan fingerprint density at radius 1 is 1.17 bits per heavy atom. The van der Waals surface area contributed by atoms with Crippen LogP contribution in [0.1, 0.15) is 35.7 Å². The Morgan fingerprint density at radius 3 is 2.55 bits per heavy atom. The van der Waals surface area contributed by atoms with Crippen molar-refractivity contribution in [3.63, 3.8) is 0 Å². The number of carbonyl (C=O) groups excluding carboxylic acids is 2. The standard InChI is InChI=1S/C22H24FNO5/c1-15(21(25)24-13-16-4-8-18(23)9-5-16)29-22(26)17-6-10-19(11-7-17)28-14-20-3-2-12-27-20/h4-11,15,20H,2-3,12-14H2,1H3,(H,24,25)/t15-,20-/m1/s1. The number of benzene rings is 2. The Hall–Kier alpha value is -2.93. The summed E-state index contributed by atoms with van der Waals surface area (Å²) >= 11 is 0. The van der Waals surface area contributed by atoms with E-state index < -0.39 is 18.0 Å². The molecule has 0 saturated carbocycles. The van der Waals surface area contributed by atoms with Gasteiger partial charge in [0.05, 0.1) is 11.7 Å². The largest absolute Gasteiger partial charge is 0.491 e. The molecule has 2 aromatic rings. The summed E-state index contributed by atoms with van der Waals surface area (Å²) in [5, 5.41) is 2.66. The van der Waals surface area contributed by atoms with Crippen LogP contribution >= 0.6 is 0 Å². The van der Waals surface area contributed by atoms with Gasteiger partial charge in [0.15, 0.2) is 6.10 Å². The van der Waals surface area contributed by atoms with E-state index in [9.17, 15) is 14.0 Å². The topological polar surface area (TPSA) is 73.9 Å². The Morgan fingerprint density at radius 2 is 1.90 bits per heavy atom. The molecule has 3 rings (SSSR count). The summed E-state index contributed by atoms with van der Waals surface area (Å²) in [6.07, 6.45) is 1.20. The van der Waals surface area contributed by atoms with Gasteiger partial charge >= 0.3 is 5.97 Å². The van der Waals surface area contributed by atoms with Gasteiger partial charge in [-0.25, -0.2) is 9.18 Å². The zero-order valence-electron chi connectivity index (χ0n) is 16.2. The van der Waals surface area contributed by atoms with E-state index in [0.29, 0.717) is 17.9 Å². The van der Waals surface area contributed by atoms with Crippen molar-refractivity contribution < 1.29 is 28.2 Å². The highest BCUT2D eigenvalue weighted by Crippen LogP contribution is 2.17. The van der Waals surface area contributed by atoms with Gasteiger partial charge in [0, 0.05) is 13.2 Å². The summed E-state index contributed by atoms with van der Waals surface area (Å²) in [4.78, 5) is 24.4. The summed E-state index contributed by atoms with van der Waals surface area (Å²) in [5.41, 5.74) is 1.07. The summed E-state index contributed by atoms with van der Waals surface area (Å²) < 4.78 is 29.3. The molecule has 154 valence electrons. The molecule has 0 bridgehead atoms. The molecule has 2 aromatic carbocycles. The predicted molar refractivity (Wildman–Crippen MR) is 104 cm³/mol. The molecular formula is C22H24FNO5. The second-order valence-corrected chi connectivity index (χ2v) is 6.86. The van der Waals surface area contributed by atoms with Gasteiger partial charge in [0.1, 0.15) is 18.2 Å². The number of esters is 1. The third-order valence-electron chi connectivity index (χ3n) is 4.58. The smallest absolute Gasteiger partial charge is 0.338 e. The lowest BCUT2D eigenvalue weighted by molar-refractivity contribution is -0.129. The second-order valence-electron chi connectivity index (χ2n) is 6.86. The summed E-state index contributed by atoms with van der Waals surface area (Å²) in [5.74, 6) is -0.730. The minimum Gasteiger partial charge on any atom is -0.491 e. The fourth-order valence-electron chi connectivity index (χ4n) is 2.87. The van der Waals surface area contributed by atoms with Gasteiger partial charge in [0.25, 0.3) is 5.91 Å². The Balaban J connectivity index is 1.44. The van der Waals surface area contributed by atoms with Crippen LogP contribution in [0.25, 0.3) is 0 Å². The molecule has 6 nitrogen and oxygen atoms in total. The molecule has 29 heavy (non-hydrogen) atoms. The van der Waals surface area contributed by atoms with Crippen molar-refractivity contribution in [2.75, 3.05) is 13.2 Å². The van der Waals surface area contributed by atoms with Crippen LogP contribution in [0, 0.1) is 5.82 Å². The average Bonchev–Trinajstić information content (AvgIpc) is 3.25. The van der Waals surface area contributed by atoms with Crippen LogP contribution in [0.5, 0.6) is 5.75 Å². The van der Waals surface area contributed by atoms with Gasteiger partial charge in [-0.2, -0.15) is 0 Å². The maximum absolute atomic E-state index is 12.9. The number of rotatable bonds is 8. The summed E-state index contributed by atoms with van der Waals surface area (Å²) in [6.45, 7) is 2.97. The number of ether oxygens (including phenoxy) is 3.